The second-order valence-electron chi connectivity index (χ2n) is 5.61. The standard InChI is InChI=1S/C15H14Br2N2/c16-12-7-8-2-1-3-10(8)14(12)9-4-5-13-11(6-9)15(17)19-18-13/h4-8,10,14H,1-3H2,(H,18,19). The average Bonchev–Trinajstić information content (AvgIpc) is 3.05. The van der Waals surface area contributed by atoms with Gasteiger partial charge in [-0.2, -0.15) is 5.10 Å². The maximum absolute atomic E-state index is 4.21. The Bertz CT molecular complexity index is 674. The fraction of sp³-hybridized carbons (Fsp3) is 0.400. The molecule has 0 amide bonds. The first kappa shape index (κ1) is 12.2. The highest BCUT2D eigenvalue weighted by Crippen LogP contribution is 2.53. The first-order chi connectivity index (χ1) is 9.24. The number of benzene rings is 1. The van der Waals surface area contributed by atoms with Crippen LogP contribution in [-0.4, -0.2) is 10.2 Å². The van der Waals surface area contributed by atoms with Crippen molar-refractivity contribution in [1.82, 2.24) is 10.2 Å². The third-order valence-electron chi connectivity index (χ3n) is 4.62. The Balaban J connectivity index is 1.81. The van der Waals surface area contributed by atoms with Crippen LogP contribution in [0.25, 0.3) is 10.9 Å². The van der Waals surface area contributed by atoms with Crippen molar-refractivity contribution in [2.45, 2.75) is 25.2 Å². The van der Waals surface area contributed by atoms with Gasteiger partial charge in [-0.1, -0.05) is 34.5 Å². The largest absolute Gasteiger partial charge is 0.277 e. The molecule has 1 heterocycles. The SMILES string of the molecule is BrC1=CC2CCCC2C1c1ccc2[nH]nc(Br)c2c1. The number of rotatable bonds is 1. The van der Waals surface area contributed by atoms with Crippen molar-refractivity contribution >= 4 is 42.8 Å². The summed E-state index contributed by atoms with van der Waals surface area (Å²) in [6.45, 7) is 0. The molecule has 3 unspecified atom stereocenters. The molecule has 1 fully saturated rings. The van der Waals surface area contributed by atoms with Gasteiger partial charge in [-0.05, 0) is 62.8 Å². The quantitative estimate of drug-likeness (QED) is 0.729. The number of fused-ring (bicyclic) bond motifs is 2. The molecule has 0 radical (unpaired) electrons. The van der Waals surface area contributed by atoms with Gasteiger partial charge in [-0.25, -0.2) is 0 Å². The molecule has 3 atom stereocenters. The van der Waals surface area contributed by atoms with E-state index < -0.39 is 0 Å². The molecule has 1 aromatic heterocycles. The maximum atomic E-state index is 4.21. The van der Waals surface area contributed by atoms with E-state index in [2.05, 4.69) is 66.3 Å². The topological polar surface area (TPSA) is 28.7 Å². The Hall–Kier alpha value is -0.610. The third kappa shape index (κ3) is 1.83. The van der Waals surface area contributed by atoms with Crippen LogP contribution in [0.1, 0.15) is 30.7 Å². The second kappa shape index (κ2) is 4.45. The highest BCUT2D eigenvalue weighted by Gasteiger charge is 2.39. The van der Waals surface area contributed by atoms with E-state index in [0.717, 1.165) is 22.0 Å². The summed E-state index contributed by atoms with van der Waals surface area (Å²) >= 11 is 7.31. The lowest BCUT2D eigenvalue weighted by molar-refractivity contribution is 0.448. The zero-order valence-corrected chi connectivity index (χ0v) is 13.5. The summed E-state index contributed by atoms with van der Waals surface area (Å²) < 4.78 is 2.28. The third-order valence-corrected chi connectivity index (χ3v) is 5.98. The number of allylic oxidation sites excluding steroid dienone is 2. The van der Waals surface area contributed by atoms with Gasteiger partial charge in [0.15, 0.2) is 0 Å². The van der Waals surface area contributed by atoms with Crippen molar-refractivity contribution in [3.05, 3.63) is 38.9 Å². The Kier molecular flexibility index (Phi) is 2.85. The monoisotopic (exact) mass is 380 g/mol. The van der Waals surface area contributed by atoms with E-state index in [0.29, 0.717) is 5.92 Å². The molecule has 2 nitrogen and oxygen atoms in total. The van der Waals surface area contributed by atoms with Crippen LogP contribution in [0.15, 0.2) is 33.4 Å². The molecule has 0 bridgehead atoms. The zero-order chi connectivity index (χ0) is 13.0. The van der Waals surface area contributed by atoms with Crippen molar-refractivity contribution in [2.24, 2.45) is 11.8 Å². The first-order valence-electron chi connectivity index (χ1n) is 6.75. The Labute approximate surface area is 128 Å². The Morgan fingerprint density at radius 3 is 3.00 bits per heavy atom. The highest BCUT2D eigenvalue weighted by atomic mass is 79.9. The molecule has 1 N–H and O–H groups in total. The lowest BCUT2D eigenvalue weighted by Gasteiger charge is -2.20. The van der Waals surface area contributed by atoms with Gasteiger partial charge >= 0.3 is 0 Å². The Morgan fingerprint density at radius 1 is 1.21 bits per heavy atom. The molecule has 2 aliphatic carbocycles. The lowest BCUT2D eigenvalue weighted by atomic mass is 9.85. The van der Waals surface area contributed by atoms with Crippen molar-refractivity contribution in [3.8, 4) is 0 Å². The summed E-state index contributed by atoms with van der Waals surface area (Å²) in [5.41, 5.74) is 2.50. The number of aromatic nitrogens is 2. The number of hydrogen-bond donors (Lipinski definition) is 1. The maximum Gasteiger partial charge on any atom is 0.135 e. The molecule has 98 valence electrons. The minimum atomic E-state index is 0.540. The number of nitrogens with zero attached hydrogens (tertiary/aromatic N) is 1. The van der Waals surface area contributed by atoms with Gasteiger partial charge in [-0.15, -0.1) is 0 Å². The van der Waals surface area contributed by atoms with Crippen LogP contribution >= 0.6 is 31.9 Å². The van der Waals surface area contributed by atoms with Gasteiger partial charge in [0.25, 0.3) is 0 Å². The molecule has 4 rings (SSSR count). The van der Waals surface area contributed by atoms with Crippen LogP contribution in [0, 0.1) is 11.8 Å². The second-order valence-corrected chi connectivity index (χ2v) is 7.27. The number of hydrogen-bond acceptors (Lipinski definition) is 1. The molecule has 0 saturated heterocycles. The van der Waals surface area contributed by atoms with Gasteiger partial charge in [0.05, 0.1) is 5.52 Å². The predicted octanol–water partition coefficient (Wildman–Crippen LogP) is 5.12. The molecule has 1 saturated carbocycles. The molecule has 0 spiro atoms. The van der Waals surface area contributed by atoms with Gasteiger partial charge in [0.2, 0.25) is 0 Å². The lowest BCUT2D eigenvalue weighted by Crippen LogP contribution is -2.09. The van der Waals surface area contributed by atoms with Crippen molar-refractivity contribution in [2.75, 3.05) is 0 Å². The fourth-order valence-corrected chi connectivity index (χ4v) is 5.11. The highest BCUT2D eigenvalue weighted by molar-refractivity contribution is 9.11. The van der Waals surface area contributed by atoms with Gasteiger partial charge < -0.3 is 0 Å². The van der Waals surface area contributed by atoms with Crippen LogP contribution in [-0.2, 0) is 0 Å². The summed E-state index contributed by atoms with van der Waals surface area (Å²) in [7, 11) is 0. The minimum absolute atomic E-state index is 0.540. The van der Waals surface area contributed by atoms with Crippen molar-refractivity contribution in [3.63, 3.8) is 0 Å². The van der Waals surface area contributed by atoms with Crippen LogP contribution in [0.4, 0.5) is 0 Å². The van der Waals surface area contributed by atoms with Crippen LogP contribution in [0.5, 0.6) is 0 Å². The van der Waals surface area contributed by atoms with E-state index in [4.69, 9.17) is 0 Å². The van der Waals surface area contributed by atoms with Crippen LogP contribution in [0.2, 0.25) is 0 Å². The molecular weight excluding hydrogens is 368 g/mol. The molecule has 19 heavy (non-hydrogen) atoms. The number of nitrogens with one attached hydrogen (secondary N) is 1. The van der Waals surface area contributed by atoms with E-state index in [-0.39, 0.29) is 0 Å². The molecule has 4 heteroatoms. The summed E-state index contributed by atoms with van der Waals surface area (Å²) in [5, 5.41) is 8.43. The fourth-order valence-electron chi connectivity index (χ4n) is 3.75. The van der Waals surface area contributed by atoms with E-state index in [1.54, 1.807) is 0 Å². The van der Waals surface area contributed by atoms with Crippen LogP contribution < -0.4 is 0 Å². The van der Waals surface area contributed by atoms with E-state index in [9.17, 15) is 0 Å². The molecule has 0 aliphatic heterocycles. The van der Waals surface area contributed by atoms with E-state index in [1.807, 2.05) is 0 Å². The average molecular weight is 382 g/mol. The minimum Gasteiger partial charge on any atom is -0.277 e. The summed E-state index contributed by atoms with van der Waals surface area (Å²) in [6.07, 6.45) is 6.52. The number of aromatic amines is 1. The summed E-state index contributed by atoms with van der Waals surface area (Å²) in [6, 6.07) is 6.67. The first-order valence-corrected chi connectivity index (χ1v) is 8.33. The van der Waals surface area contributed by atoms with Gasteiger partial charge in [0, 0.05) is 11.3 Å². The molecule has 2 aliphatic rings. The predicted molar refractivity (Wildman–Crippen MR) is 84.4 cm³/mol. The van der Waals surface area contributed by atoms with Crippen molar-refractivity contribution < 1.29 is 0 Å². The number of halogens is 2. The Morgan fingerprint density at radius 2 is 2.11 bits per heavy atom. The van der Waals surface area contributed by atoms with E-state index >= 15 is 0 Å². The van der Waals surface area contributed by atoms with E-state index in [1.165, 1.54) is 34.7 Å². The smallest absolute Gasteiger partial charge is 0.135 e. The summed E-state index contributed by atoms with van der Waals surface area (Å²) in [4.78, 5) is 0. The molecule has 2 aromatic rings. The molecular formula is C15H14Br2N2. The summed E-state index contributed by atoms with van der Waals surface area (Å²) in [5.74, 6) is 2.11. The number of H-pyrrole nitrogens is 1. The van der Waals surface area contributed by atoms with Crippen LogP contribution in [0.3, 0.4) is 0 Å². The molecule has 1 aromatic carbocycles. The normalized spacial score (nSPS) is 29.8. The zero-order valence-electron chi connectivity index (χ0n) is 10.4. The van der Waals surface area contributed by atoms with Gasteiger partial charge in [-0.3, -0.25) is 5.10 Å². The van der Waals surface area contributed by atoms with Gasteiger partial charge in [0.1, 0.15) is 4.60 Å². The van der Waals surface area contributed by atoms with Crippen molar-refractivity contribution in [1.29, 1.82) is 0 Å².